The number of aromatic nitrogens is 2. The molecule has 6 rings (SSSR count). The Bertz CT molecular complexity index is 1720. The molecule has 0 saturated carbocycles. The van der Waals surface area contributed by atoms with Gasteiger partial charge >= 0.3 is 6.03 Å². The average molecular weight is 583 g/mol. The molecular formula is C31H28BrN5O2. The minimum atomic E-state index is -0.130. The first-order valence-electron chi connectivity index (χ1n) is 13.0. The summed E-state index contributed by atoms with van der Waals surface area (Å²) < 4.78 is 2.67. The monoisotopic (exact) mass is 581 g/mol. The van der Waals surface area contributed by atoms with Crippen LogP contribution in [0, 0.1) is 0 Å². The Morgan fingerprint density at radius 1 is 0.846 bits per heavy atom. The third-order valence-corrected chi connectivity index (χ3v) is 7.97. The summed E-state index contributed by atoms with van der Waals surface area (Å²) in [4.78, 5) is 35.9. The first kappa shape index (κ1) is 25.3. The van der Waals surface area contributed by atoms with Crippen LogP contribution >= 0.6 is 15.9 Å². The van der Waals surface area contributed by atoms with E-state index in [4.69, 9.17) is 4.98 Å². The van der Waals surface area contributed by atoms with Crippen LogP contribution in [-0.2, 0) is 0 Å². The van der Waals surface area contributed by atoms with Crippen molar-refractivity contribution in [3.05, 3.63) is 112 Å². The number of nitrogens with one attached hydrogen (secondary N) is 1. The molecule has 1 unspecified atom stereocenters. The standard InChI is InChI=1S/C31H28BrN5O2/c1-21(29-33-28-11-5-4-10-26(28)30(38)37(29)24-15-13-23(32)14-16-24)35-17-19-36(20-18-35)31(39)34-27-12-6-8-22-7-2-3-9-25(22)27/h2-16,21H,17-20H2,1H3,(H,34,39). The van der Waals surface area contributed by atoms with Gasteiger partial charge in [-0.3, -0.25) is 14.3 Å². The highest BCUT2D eigenvalue weighted by Gasteiger charge is 2.28. The van der Waals surface area contributed by atoms with Gasteiger partial charge in [-0.2, -0.15) is 0 Å². The van der Waals surface area contributed by atoms with Gasteiger partial charge in [-0.1, -0.05) is 64.5 Å². The summed E-state index contributed by atoms with van der Waals surface area (Å²) in [6, 6.07) is 28.9. The summed E-state index contributed by atoms with van der Waals surface area (Å²) in [7, 11) is 0. The van der Waals surface area contributed by atoms with E-state index in [9.17, 15) is 9.59 Å². The Balaban J connectivity index is 1.23. The van der Waals surface area contributed by atoms with Crippen LogP contribution in [0.3, 0.4) is 0 Å². The van der Waals surface area contributed by atoms with E-state index < -0.39 is 0 Å². The summed E-state index contributed by atoms with van der Waals surface area (Å²) in [5, 5.41) is 5.80. The fourth-order valence-electron chi connectivity index (χ4n) is 5.27. The lowest BCUT2D eigenvalue weighted by molar-refractivity contribution is 0.115. The van der Waals surface area contributed by atoms with Crippen LogP contribution in [0.5, 0.6) is 0 Å². The van der Waals surface area contributed by atoms with Crippen LogP contribution in [0.15, 0.2) is 100 Å². The number of carbonyl (C=O) groups excluding carboxylic acids is 1. The van der Waals surface area contributed by atoms with E-state index in [-0.39, 0.29) is 17.6 Å². The highest BCUT2D eigenvalue weighted by molar-refractivity contribution is 9.10. The van der Waals surface area contributed by atoms with Crippen LogP contribution in [0.25, 0.3) is 27.4 Å². The molecule has 39 heavy (non-hydrogen) atoms. The number of halogens is 1. The normalized spacial score (nSPS) is 15.0. The molecule has 2 heterocycles. The van der Waals surface area contributed by atoms with Crippen molar-refractivity contribution in [3.63, 3.8) is 0 Å². The van der Waals surface area contributed by atoms with Crippen molar-refractivity contribution < 1.29 is 4.79 Å². The molecule has 1 aromatic heterocycles. The van der Waals surface area contributed by atoms with E-state index in [2.05, 4.69) is 33.1 Å². The number of rotatable bonds is 4. The molecular weight excluding hydrogens is 554 g/mol. The number of hydrogen-bond acceptors (Lipinski definition) is 4. The summed E-state index contributed by atoms with van der Waals surface area (Å²) in [5.41, 5.74) is 2.19. The molecule has 7 nitrogen and oxygen atoms in total. The van der Waals surface area contributed by atoms with E-state index in [1.165, 1.54) is 0 Å². The molecule has 0 bridgehead atoms. The van der Waals surface area contributed by atoms with E-state index >= 15 is 0 Å². The largest absolute Gasteiger partial charge is 0.322 e. The Hall–Kier alpha value is -4.01. The lowest BCUT2D eigenvalue weighted by atomic mass is 10.1. The van der Waals surface area contributed by atoms with Crippen molar-refractivity contribution >= 4 is 49.3 Å². The molecule has 1 aliphatic heterocycles. The fourth-order valence-corrected chi connectivity index (χ4v) is 5.54. The Morgan fingerprint density at radius 3 is 2.28 bits per heavy atom. The van der Waals surface area contributed by atoms with Crippen molar-refractivity contribution in [2.75, 3.05) is 31.5 Å². The highest BCUT2D eigenvalue weighted by atomic mass is 79.9. The second-order valence-electron chi connectivity index (χ2n) is 9.76. The molecule has 5 aromatic rings. The third-order valence-electron chi connectivity index (χ3n) is 7.44. The number of anilines is 1. The zero-order valence-corrected chi connectivity index (χ0v) is 23.1. The van der Waals surface area contributed by atoms with Gasteiger partial charge in [-0.25, -0.2) is 9.78 Å². The van der Waals surface area contributed by atoms with Crippen molar-refractivity contribution in [2.24, 2.45) is 0 Å². The molecule has 1 atom stereocenters. The van der Waals surface area contributed by atoms with E-state index in [1.54, 1.807) is 4.57 Å². The predicted molar refractivity (Wildman–Crippen MR) is 160 cm³/mol. The minimum absolute atomic E-state index is 0.0853. The van der Waals surface area contributed by atoms with Crippen molar-refractivity contribution in [1.82, 2.24) is 19.4 Å². The maximum absolute atomic E-state index is 13.7. The van der Waals surface area contributed by atoms with Crippen LogP contribution in [-0.4, -0.2) is 51.6 Å². The van der Waals surface area contributed by atoms with Gasteiger partial charge in [0.2, 0.25) is 0 Å². The van der Waals surface area contributed by atoms with E-state index in [1.807, 2.05) is 95.9 Å². The van der Waals surface area contributed by atoms with Crippen molar-refractivity contribution in [3.8, 4) is 5.69 Å². The van der Waals surface area contributed by atoms with Crippen LogP contribution in [0.2, 0.25) is 0 Å². The Kier molecular flexibility index (Phi) is 6.89. The van der Waals surface area contributed by atoms with Gasteiger partial charge in [0.1, 0.15) is 5.82 Å². The second kappa shape index (κ2) is 10.6. The van der Waals surface area contributed by atoms with Crippen LogP contribution < -0.4 is 10.9 Å². The number of piperazine rings is 1. The molecule has 1 N–H and O–H groups in total. The van der Waals surface area contributed by atoms with Gasteiger partial charge in [0.15, 0.2) is 0 Å². The zero-order valence-electron chi connectivity index (χ0n) is 21.5. The smallest absolute Gasteiger partial charge is 0.321 e. The number of hydrogen-bond donors (Lipinski definition) is 1. The Morgan fingerprint density at radius 2 is 1.51 bits per heavy atom. The maximum atomic E-state index is 13.7. The number of fused-ring (bicyclic) bond motifs is 2. The van der Waals surface area contributed by atoms with Gasteiger partial charge in [0.25, 0.3) is 5.56 Å². The molecule has 0 aliphatic carbocycles. The lowest BCUT2D eigenvalue weighted by Crippen LogP contribution is -2.51. The zero-order chi connectivity index (χ0) is 26.9. The number of nitrogens with zero attached hydrogens (tertiary/aromatic N) is 4. The van der Waals surface area contributed by atoms with Crippen LogP contribution in [0.1, 0.15) is 18.8 Å². The summed E-state index contributed by atoms with van der Waals surface area (Å²) in [6.07, 6.45) is 0. The topological polar surface area (TPSA) is 70.5 Å². The fraction of sp³-hybridized carbons (Fsp3) is 0.194. The predicted octanol–water partition coefficient (Wildman–Crippen LogP) is 6.21. The van der Waals surface area contributed by atoms with Gasteiger partial charge in [0.05, 0.1) is 28.3 Å². The first-order chi connectivity index (χ1) is 19.0. The van der Waals surface area contributed by atoms with Crippen LogP contribution in [0.4, 0.5) is 10.5 Å². The molecule has 196 valence electrons. The molecule has 1 saturated heterocycles. The number of benzene rings is 4. The number of amides is 2. The van der Waals surface area contributed by atoms with Crippen molar-refractivity contribution in [1.29, 1.82) is 0 Å². The molecule has 1 aliphatic rings. The van der Waals surface area contributed by atoms with Crippen molar-refractivity contribution in [2.45, 2.75) is 13.0 Å². The second-order valence-corrected chi connectivity index (χ2v) is 10.7. The molecule has 8 heteroatoms. The van der Waals surface area contributed by atoms with Gasteiger partial charge in [-0.15, -0.1) is 0 Å². The van der Waals surface area contributed by atoms with Gasteiger partial charge < -0.3 is 10.2 Å². The summed E-state index contributed by atoms with van der Waals surface area (Å²) in [5.74, 6) is 0.690. The van der Waals surface area contributed by atoms with Gasteiger partial charge in [0, 0.05) is 36.0 Å². The molecule has 0 spiro atoms. The van der Waals surface area contributed by atoms with Gasteiger partial charge in [-0.05, 0) is 54.8 Å². The number of urea groups is 1. The Labute approximate surface area is 234 Å². The number of carbonyl (C=O) groups is 1. The third kappa shape index (κ3) is 4.93. The SMILES string of the molecule is CC(c1nc2ccccc2c(=O)n1-c1ccc(Br)cc1)N1CCN(C(=O)Nc2cccc3ccccc23)CC1. The average Bonchev–Trinajstić information content (AvgIpc) is 2.97. The molecule has 1 fully saturated rings. The maximum Gasteiger partial charge on any atom is 0.321 e. The molecule has 0 radical (unpaired) electrons. The molecule has 4 aromatic carbocycles. The quantitative estimate of drug-likeness (QED) is 0.274. The highest BCUT2D eigenvalue weighted by Crippen LogP contribution is 2.26. The summed E-state index contributed by atoms with van der Waals surface area (Å²) >= 11 is 3.49. The lowest BCUT2D eigenvalue weighted by Gasteiger charge is -2.38. The minimum Gasteiger partial charge on any atom is -0.322 e. The summed E-state index contributed by atoms with van der Waals surface area (Å²) in [6.45, 7) is 4.59. The van der Waals surface area contributed by atoms with E-state index in [0.29, 0.717) is 42.9 Å². The molecule has 2 amide bonds. The number of para-hydroxylation sites is 1. The van der Waals surface area contributed by atoms with E-state index in [0.717, 1.165) is 26.6 Å². The first-order valence-corrected chi connectivity index (χ1v) is 13.8.